The van der Waals surface area contributed by atoms with E-state index in [9.17, 15) is 5.11 Å². The summed E-state index contributed by atoms with van der Waals surface area (Å²) in [4.78, 5) is 6.77. The molecule has 1 unspecified atom stereocenters. The molecule has 146 valence electrons. The number of benzene rings is 1. The van der Waals surface area contributed by atoms with E-state index in [1.165, 1.54) is 0 Å². The number of methoxy groups -OCH3 is 1. The molecule has 1 atom stereocenters. The third kappa shape index (κ3) is 6.50. The quantitative estimate of drug-likeness (QED) is 0.549. The van der Waals surface area contributed by atoms with E-state index >= 15 is 0 Å². The van der Waals surface area contributed by atoms with Crippen LogP contribution >= 0.6 is 0 Å². The number of rotatable bonds is 8. The van der Waals surface area contributed by atoms with Crippen molar-refractivity contribution in [1.29, 1.82) is 0 Å². The Morgan fingerprint density at radius 1 is 1.42 bits per heavy atom. The first-order chi connectivity index (χ1) is 12.6. The second kappa shape index (κ2) is 11.0. The molecule has 0 radical (unpaired) electrons. The summed E-state index contributed by atoms with van der Waals surface area (Å²) >= 11 is 0. The third-order valence-corrected chi connectivity index (χ3v) is 4.80. The Morgan fingerprint density at radius 2 is 2.19 bits per heavy atom. The molecule has 6 heteroatoms. The Hall–Kier alpha value is -1.79. The molecule has 1 aromatic carbocycles. The van der Waals surface area contributed by atoms with Gasteiger partial charge in [-0.25, -0.2) is 0 Å². The molecule has 0 aliphatic carbocycles. The molecular formula is C20H33N3O3. The summed E-state index contributed by atoms with van der Waals surface area (Å²) in [6.07, 6.45) is 2.79. The van der Waals surface area contributed by atoms with Gasteiger partial charge in [0.2, 0.25) is 0 Å². The number of nitrogens with zero attached hydrogens (tertiary/aromatic N) is 2. The monoisotopic (exact) mass is 363 g/mol. The van der Waals surface area contributed by atoms with Gasteiger partial charge in [-0.15, -0.1) is 0 Å². The van der Waals surface area contributed by atoms with Crippen molar-refractivity contribution in [2.24, 2.45) is 10.9 Å². The van der Waals surface area contributed by atoms with Crippen molar-refractivity contribution < 1.29 is 14.6 Å². The van der Waals surface area contributed by atoms with Crippen molar-refractivity contribution in [2.75, 3.05) is 47.0 Å². The molecule has 0 saturated carbocycles. The van der Waals surface area contributed by atoms with Gasteiger partial charge in [0.25, 0.3) is 0 Å². The number of aliphatic hydroxyl groups is 1. The van der Waals surface area contributed by atoms with Gasteiger partial charge in [0.05, 0.1) is 19.8 Å². The summed E-state index contributed by atoms with van der Waals surface area (Å²) in [6, 6.07) is 7.49. The van der Waals surface area contributed by atoms with Crippen LogP contribution in [0.4, 0.5) is 0 Å². The van der Waals surface area contributed by atoms with Crippen molar-refractivity contribution in [1.82, 2.24) is 10.2 Å². The number of guanidine groups is 1. The molecule has 0 bridgehead atoms. The van der Waals surface area contributed by atoms with E-state index in [0.29, 0.717) is 6.54 Å². The number of hydrogen-bond acceptors (Lipinski definition) is 4. The van der Waals surface area contributed by atoms with E-state index in [1.54, 1.807) is 7.11 Å². The largest absolute Gasteiger partial charge is 0.497 e. The molecule has 1 fully saturated rings. The minimum atomic E-state index is -0.650. The van der Waals surface area contributed by atoms with E-state index in [1.807, 2.05) is 24.3 Å². The Bertz CT molecular complexity index is 559. The van der Waals surface area contributed by atoms with Gasteiger partial charge in [-0.1, -0.05) is 12.1 Å². The number of nitrogens with one attached hydrogen (secondary N) is 1. The molecule has 0 amide bonds. The Kier molecular flexibility index (Phi) is 8.71. The maximum atomic E-state index is 10.5. The summed E-state index contributed by atoms with van der Waals surface area (Å²) in [5, 5.41) is 13.8. The highest BCUT2D eigenvalue weighted by molar-refractivity contribution is 5.79. The van der Waals surface area contributed by atoms with Gasteiger partial charge in [0.1, 0.15) is 5.75 Å². The standard InChI is InChI=1S/C20H33N3O3/c1-4-21-20(23(2)11-8-16-9-12-26-13-10-16)22-15-19(24)17-6-5-7-18(14-17)25-3/h5-7,14,16,19,24H,4,8-13,15H2,1-3H3,(H,21,22). The number of aliphatic hydroxyl groups excluding tert-OH is 1. The molecule has 0 spiro atoms. The molecule has 0 aromatic heterocycles. The van der Waals surface area contributed by atoms with Crippen LogP contribution in [0, 0.1) is 5.92 Å². The van der Waals surface area contributed by atoms with Gasteiger partial charge < -0.3 is 24.8 Å². The van der Waals surface area contributed by atoms with E-state index in [-0.39, 0.29) is 0 Å². The molecule has 1 saturated heterocycles. The summed E-state index contributed by atoms with van der Waals surface area (Å²) in [5.41, 5.74) is 0.814. The van der Waals surface area contributed by atoms with Crippen molar-refractivity contribution in [3.05, 3.63) is 29.8 Å². The van der Waals surface area contributed by atoms with Crippen molar-refractivity contribution in [3.8, 4) is 5.75 Å². The van der Waals surface area contributed by atoms with Crippen LogP contribution in [0.3, 0.4) is 0 Å². The zero-order chi connectivity index (χ0) is 18.8. The maximum Gasteiger partial charge on any atom is 0.193 e. The van der Waals surface area contributed by atoms with Crippen LogP contribution in [0.1, 0.15) is 37.9 Å². The molecule has 26 heavy (non-hydrogen) atoms. The molecular weight excluding hydrogens is 330 g/mol. The van der Waals surface area contributed by atoms with Crippen LogP contribution in [0.15, 0.2) is 29.3 Å². The van der Waals surface area contributed by atoms with Crippen LogP contribution in [0.25, 0.3) is 0 Å². The number of ether oxygens (including phenoxy) is 2. The first-order valence-electron chi connectivity index (χ1n) is 9.53. The predicted octanol–water partition coefficient (Wildman–Crippen LogP) is 2.44. The van der Waals surface area contributed by atoms with Crippen LogP contribution in [-0.2, 0) is 4.74 Å². The van der Waals surface area contributed by atoms with Gasteiger partial charge in [-0.3, -0.25) is 4.99 Å². The van der Waals surface area contributed by atoms with Crippen molar-refractivity contribution >= 4 is 5.96 Å². The van der Waals surface area contributed by atoms with E-state index in [4.69, 9.17) is 9.47 Å². The van der Waals surface area contributed by atoms with E-state index in [2.05, 4.69) is 29.2 Å². The fraction of sp³-hybridized carbons (Fsp3) is 0.650. The average molecular weight is 364 g/mol. The first-order valence-corrected chi connectivity index (χ1v) is 9.53. The Labute approximate surface area is 157 Å². The third-order valence-electron chi connectivity index (χ3n) is 4.80. The molecule has 1 aromatic rings. The Balaban J connectivity index is 1.91. The van der Waals surface area contributed by atoms with Gasteiger partial charge in [-0.05, 0) is 49.8 Å². The van der Waals surface area contributed by atoms with Crippen LogP contribution in [0.2, 0.25) is 0 Å². The lowest BCUT2D eigenvalue weighted by Gasteiger charge is -2.27. The highest BCUT2D eigenvalue weighted by atomic mass is 16.5. The van der Waals surface area contributed by atoms with Gasteiger partial charge in [-0.2, -0.15) is 0 Å². The van der Waals surface area contributed by atoms with Gasteiger partial charge in [0, 0.05) is 33.4 Å². The van der Waals surface area contributed by atoms with Crippen LogP contribution < -0.4 is 10.1 Å². The molecule has 2 rings (SSSR count). The smallest absolute Gasteiger partial charge is 0.193 e. The lowest BCUT2D eigenvalue weighted by Crippen LogP contribution is -2.40. The second-order valence-electron chi connectivity index (χ2n) is 6.75. The zero-order valence-electron chi connectivity index (χ0n) is 16.3. The average Bonchev–Trinajstić information content (AvgIpc) is 2.69. The van der Waals surface area contributed by atoms with E-state index < -0.39 is 6.10 Å². The minimum absolute atomic E-state index is 0.317. The van der Waals surface area contributed by atoms with Crippen LogP contribution in [0.5, 0.6) is 5.75 Å². The van der Waals surface area contributed by atoms with Crippen molar-refractivity contribution in [2.45, 2.75) is 32.3 Å². The minimum Gasteiger partial charge on any atom is -0.497 e. The Morgan fingerprint density at radius 3 is 2.88 bits per heavy atom. The van der Waals surface area contributed by atoms with Crippen LogP contribution in [-0.4, -0.2) is 63.0 Å². The number of hydrogen-bond donors (Lipinski definition) is 2. The lowest BCUT2D eigenvalue weighted by molar-refractivity contribution is 0.0625. The van der Waals surface area contributed by atoms with Crippen molar-refractivity contribution in [3.63, 3.8) is 0 Å². The predicted molar refractivity (Wildman–Crippen MR) is 105 cm³/mol. The van der Waals surface area contributed by atoms with E-state index in [0.717, 1.165) is 68.8 Å². The summed E-state index contributed by atoms with van der Waals surface area (Å²) in [6.45, 7) is 5.89. The molecule has 1 aliphatic heterocycles. The lowest BCUT2D eigenvalue weighted by atomic mass is 9.96. The molecule has 1 aliphatic rings. The highest BCUT2D eigenvalue weighted by Gasteiger charge is 2.16. The fourth-order valence-corrected chi connectivity index (χ4v) is 3.11. The highest BCUT2D eigenvalue weighted by Crippen LogP contribution is 2.20. The fourth-order valence-electron chi connectivity index (χ4n) is 3.11. The van der Waals surface area contributed by atoms with Gasteiger partial charge in [0.15, 0.2) is 5.96 Å². The summed E-state index contributed by atoms with van der Waals surface area (Å²) < 4.78 is 10.7. The summed E-state index contributed by atoms with van der Waals surface area (Å²) in [7, 11) is 3.68. The summed E-state index contributed by atoms with van der Waals surface area (Å²) in [5.74, 6) is 2.31. The first kappa shape index (κ1) is 20.5. The molecule has 2 N–H and O–H groups in total. The molecule has 6 nitrogen and oxygen atoms in total. The normalized spacial score (nSPS) is 17.0. The number of aliphatic imine (C=N–C) groups is 1. The molecule has 1 heterocycles. The van der Waals surface area contributed by atoms with Gasteiger partial charge >= 0.3 is 0 Å². The second-order valence-corrected chi connectivity index (χ2v) is 6.75. The maximum absolute atomic E-state index is 10.5. The topological polar surface area (TPSA) is 66.3 Å². The zero-order valence-corrected chi connectivity index (χ0v) is 16.3. The SMILES string of the molecule is CCNC(=NCC(O)c1cccc(OC)c1)N(C)CCC1CCOCC1.